The van der Waals surface area contributed by atoms with Crippen LogP contribution in [-0.2, 0) is 0 Å². The topological polar surface area (TPSA) is 24.4 Å². The van der Waals surface area contributed by atoms with Gasteiger partial charge in [-0.05, 0) is 6.42 Å². The fraction of sp³-hybridized carbons (Fsp3) is 0.947. The standard InChI is InChI=1S/C19H38N2.ClH/c1-2-3-4-5-6-7-8-9-10-11-12-13-14-15-16-19-20-17-18-21-19;/h2-18H2,1H3,(H,20,21);1H. The predicted molar refractivity (Wildman–Crippen MR) is 102 cm³/mol. The van der Waals surface area contributed by atoms with Gasteiger partial charge in [0.1, 0.15) is 0 Å². The van der Waals surface area contributed by atoms with Crippen molar-refractivity contribution in [2.45, 2.75) is 103 Å². The third-order valence-electron chi connectivity index (χ3n) is 4.51. The normalized spacial score (nSPS) is 13.6. The van der Waals surface area contributed by atoms with Crippen molar-refractivity contribution in [3.8, 4) is 0 Å². The Bertz CT molecular complexity index is 254. The second kappa shape index (κ2) is 17.1. The van der Waals surface area contributed by atoms with Crippen LogP contribution in [0.3, 0.4) is 0 Å². The molecule has 1 aliphatic heterocycles. The van der Waals surface area contributed by atoms with Gasteiger partial charge in [-0.25, -0.2) is 0 Å². The van der Waals surface area contributed by atoms with E-state index in [1.807, 2.05) is 0 Å². The summed E-state index contributed by atoms with van der Waals surface area (Å²) in [6.07, 6.45) is 21.3. The molecule has 0 saturated heterocycles. The zero-order valence-electron chi connectivity index (χ0n) is 14.9. The molecule has 0 aliphatic carbocycles. The molecule has 0 aromatic rings. The Balaban J connectivity index is 0.00000441. The molecule has 1 heterocycles. The van der Waals surface area contributed by atoms with E-state index < -0.39 is 0 Å². The molecular weight excluding hydrogens is 292 g/mol. The first-order chi connectivity index (χ1) is 10.4. The van der Waals surface area contributed by atoms with Gasteiger partial charge in [0.2, 0.25) is 0 Å². The lowest BCUT2D eigenvalue weighted by Gasteiger charge is -2.04. The molecule has 0 aromatic carbocycles. The number of aliphatic imine (C=N–C) groups is 1. The Morgan fingerprint density at radius 3 is 1.59 bits per heavy atom. The summed E-state index contributed by atoms with van der Waals surface area (Å²) in [6, 6.07) is 0. The first-order valence-corrected chi connectivity index (χ1v) is 9.70. The molecule has 0 fully saturated rings. The van der Waals surface area contributed by atoms with Gasteiger partial charge in [-0.3, -0.25) is 4.99 Å². The van der Waals surface area contributed by atoms with E-state index in [1.54, 1.807) is 0 Å². The van der Waals surface area contributed by atoms with Crippen molar-refractivity contribution in [1.29, 1.82) is 0 Å². The fourth-order valence-corrected chi connectivity index (χ4v) is 3.10. The van der Waals surface area contributed by atoms with Gasteiger partial charge in [0, 0.05) is 13.0 Å². The summed E-state index contributed by atoms with van der Waals surface area (Å²) in [7, 11) is 0. The number of halogens is 1. The number of rotatable bonds is 15. The highest BCUT2D eigenvalue weighted by Crippen LogP contribution is 2.13. The van der Waals surface area contributed by atoms with Crippen LogP contribution in [0.1, 0.15) is 103 Å². The predicted octanol–water partition coefficient (Wildman–Crippen LogP) is 6.28. The lowest BCUT2D eigenvalue weighted by Crippen LogP contribution is -2.17. The van der Waals surface area contributed by atoms with Crippen molar-refractivity contribution < 1.29 is 0 Å². The second-order valence-corrected chi connectivity index (χ2v) is 6.60. The molecule has 1 aliphatic rings. The van der Waals surface area contributed by atoms with Crippen molar-refractivity contribution in [3.63, 3.8) is 0 Å². The van der Waals surface area contributed by atoms with Crippen LogP contribution < -0.4 is 5.32 Å². The molecular formula is C19H39ClN2. The van der Waals surface area contributed by atoms with Crippen LogP contribution in [0.25, 0.3) is 0 Å². The van der Waals surface area contributed by atoms with Gasteiger partial charge in [0.15, 0.2) is 0 Å². The Kier molecular flexibility index (Phi) is 16.9. The van der Waals surface area contributed by atoms with Gasteiger partial charge in [0.05, 0.1) is 12.4 Å². The third kappa shape index (κ3) is 13.4. The number of hydrogen-bond acceptors (Lipinski definition) is 2. The maximum Gasteiger partial charge on any atom is 0.0964 e. The van der Waals surface area contributed by atoms with E-state index in [0.717, 1.165) is 13.1 Å². The number of unbranched alkanes of at least 4 members (excludes halogenated alkanes) is 13. The molecule has 0 radical (unpaired) electrons. The van der Waals surface area contributed by atoms with Crippen LogP contribution in [0.2, 0.25) is 0 Å². The smallest absolute Gasteiger partial charge is 0.0964 e. The Hall–Kier alpha value is -0.240. The molecule has 0 aromatic heterocycles. The summed E-state index contributed by atoms with van der Waals surface area (Å²) in [6.45, 7) is 4.35. The summed E-state index contributed by atoms with van der Waals surface area (Å²) in [5.41, 5.74) is 0. The van der Waals surface area contributed by atoms with E-state index in [0.29, 0.717) is 0 Å². The van der Waals surface area contributed by atoms with E-state index in [2.05, 4.69) is 17.2 Å². The van der Waals surface area contributed by atoms with Crippen molar-refractivity contribution in [2.24, 2.45) is 4.99 Å². The van der Waals surface area contributed by atoms with Gasteiger partial charge < -0.3 is 5.32 Å². The highest BCUT2D eigenvalue weighted by atomic mass is 35.5. The average molecular weight is 331 g/mol. The van der Waals surface area contributed by atoms with E-state index in [1.165, 1.54) is 102 Å². The molecule has 1 N–H and O–H groups in total. The SMILES string of the molecule is CCCCCCCCCCCCCCCCC1=NCCN1.Cl. The van der Waals surface area contributed by atoms with Gasteiger partial charge in [-0.15, -0.1) is 12.4 Å². The number of nitrogens with one attached hydrogen (secondary N) is 1. The first-order valence-electron chi connectivity index (χ1n) is 9.70. The van der Waals surface area contributed by atoms with Crippen LogP contribution >= 0.6 is 12.4 Å². The number of amidine groups is 1. The molecule has 0 saturated carbocycles. The summed E-state index contributed by atoms with van der Waals surface area (Å²) in [5.74, 6) is 1.26. The van der Waals surface area contributed by atoms with Gasteiger partial charge in [0.25, 0.3) is 0 Å². The first kappa shape index (κ1) is 21.8. The van der Waals surface area contributed by atoms with Crippen LogP contribution in [-0.4, -0.2) is 18.9 Å². The molecule has 0 unspecified atom stereocenters. The summed E-state index contributed by atoms with van der Waals surface area (Å²) in [5, 5.41) is 3.35. The van der Waals surface area contributed by atoms with E-state index >= 15 is 0 Å². The third-order valence-corrected chi connectivity index (χ3v) is 4.51. The van der Waals surface area contributed by atoms with Gasteiger partial charge >= 0.3 is 0 Å². The molecule has 0 spiro atoms. The van der Waals surface area contributed by atoms with E-state index in [9.17, 15) is 0 Å². The Morgan fingerprint density at radius 1 is 0.727 bits per heavy atom. The van der Waals surface area contributed by atoms with Crippen LogP contribution in [0.5, 0.6) is 0 Å². The molecule has 0 atom stereocenters. The van der Waals surface area contributed by atoms with Gasteiger partial charge in [-0.1, -0.05) is 90.4 Å². The molecule has 1 rings (SSSR count). The molecule has 0 amide bonds. The molecule has 22 heavy (non-hydrogen) atoms. The minimum atomic E-state index is 0. The van der Waals surface area contributed by atoms with Crippen molar-refractivity contribution in [3.05, 3.63) is 0 Å². The van der Waals surface area contributed by atoms with Crippen LogP contribution in [0, 0.1) is 0 Å². The lowest BCUT2D eigenvalue weighted by atomic mass is 10.0. The summed E-state index contributed by atoms with van der Waals surface area (Å²) < 4.78 is 0. The minimum absolute atomic E-state index is 0. The Labute approximate surface area is 145 Å². The van der Waals surface area contributed by atoms with Crippen LogP contribution in [0.4, 0.5) is 0 Å². The zero-order valence-corrected chi connectivity index (χ0v) is 15.7. The van der Waals surface area contributed by atoms with Gasteiger partial charge in [-0.2, -0.15) is 0 Å². The van der Waals surface area contributed by atoms with Crippen LogP contribution in [0.15, 0.2) is 4.99 Å². The monoisotopic (exact) mass is 330 g/mol. The van der Waals surface area contributed by atoms with Crippen molar-refractivity contribution in [2.75, 3.05) is 13.1 Å². The quantitative estimate of drug-likeness (QED) is 0.351. The van der Waals surface area contributed by atoms with E-state index in [4.69, 9.17) is 0 Å². The molecule has 132 valence electrons. The fourth-order valence-electron chi connectivity index (χ4n) is 3.10. The van der Waals surface area contributed by atoms with E-state index in [-0.39, 0.29) is 12.4 Å². The van der Waals surface area contributed by atoms with Crippen molar-refractivity contribution >= 4 is 18.2 Å². The Morgan fingerprint density at radius 2 is 1.18 bits per heavy atom. The number of nitrogens with zero attached hydrogens (tertiary/aromatic N) is 1. The minimum Gasteiger partial charge on any atom is -0.372 e. The largest absolute Gasteiger partial charge is 0.372 e. The average Bonchev–Trinajstić information content (AvgIpc) is 3.01. The lowest BCUT2D eigenvalue weighted by molar-refractivity contribution is 0.536. The molecule has 0 bridgehead atoms. The maximum absolute atomic E-state index is 4.44. The second-order valence-electron chi connectivity index (χ2n) is 6.60. The highest BCUT2D eigenvalue weighted by Gasteiger charge is 2.03. The maximum atomic E-state index is 4.44. The number of hydrogen-bond donors (Lipinski definition) is 1. The summed E-state index contributed by atoms with van der Waals surface area (Å²) in [4.78, 5) is 4.44. The van der Waals surface area contributed by atoms with Crippen molar-refractivity contribution in [1.82, 2.24) is 5.32 Å². The summed E-state index contributed by atoms with van der Waals surface area (Å²) >= 11 is 0. The molecule has 2 nitrogen and oxygen atoms in total. The zero-order chi connectivity index (χ0) is 15.0. The highest BCUT2D eigenvalue weighted by molar-refractivity contribution is 5.85. The molecule has 3 heteroatoms.